The lowest BCUT2D eigenvalue weighted by Gasteiger charge is -2.13. The normalized spacial score (nSPS) is 23.5. The highest BCUT2D eigenvalue weighted by Crippen LogP contribution is 2.18. The third-order valence-corrected chi connectivity index (χ3v) is 2.64. The first-order valence-electron chi connectivity index (χ1n) is 3.93. The van der Waals surface area contributed by atoms with Crippen LogP contribution in [0.3, 0.4) is 0 Å². The summed E-state index contributed by atoms with van der Waals surface area (Å²) in [7, 11) is 0. The molecule has 0 saturated carbocycles. The van der Waals surface area contributed by atoms with Crippen molar-refractivity contribution in [2.45, 2.75) is 6.42 Å². The lowest BCUT2D eigenvalue weighted by molar-refractivity contribution is 0.741. The summed E-state index contributed by atoms with van der Waals surface area (Å²) in [4.78, 5) is 0. The standard InChI is InChI=1S/C9H15NS/c1-11-7-9-4-2-8(6-10)3-5-9/h2-4,9H,5-7,10H2,1H3. The van der Waals surface area contributed by atoms with E-state index < -0.39 is 0 Å². The monoisotopic (exact) mass is 169 g/mol. The number of thioether (sulfide) groups is 1. The first-order valence-corrected chi connectivity index (χ1v) is 5.32. The highest BCUT2D eigenvalue weighted by atomic mass is 32.2. The van der Waals surface area contributed by atoms with E-state index in [-0.39, 0.29) is 0 Å². The zero-order chi connectivity index (χ0) is 8.10. The van der Waals surface area contributed by atoms with E-state index in [4.69, 9.17) is 5.73 Å². The summed E-state index contributed by atoms with van der Waals surface area (Å²) in [6.45, 7) is 0.683. The molecule has 1 unspecified atom stereocenters. The first-order chi connectivity index (χ1) is 5.36. The first kappa shape index (κ1) is 8.88. The SMILES string of the molecule is CSCC1C=CC(CN)=CC1. The van der Waals surface area contributed by atoms with E-state index in [1.54, 1.807) is 0 Å². The highest BCUT2D eigenvalue weighted by Gasteiger charge is 2.06. The van der Waals surface area contributed by atoms with Crippen molar-refractivity contribution in [2.75, 3.05) is 18.6 Å². The summed E-state index contributed by atoms with van der Waals surface area (Å²) < 4.78 is 0. The maximum Gasteiger partial charge on any atom is 0.0174 e. The van der Waals surface area contributed by atoms with Gasteiger partial charge in [0, 0.05) is 6.54 Å². The van der Waals surface area contributed by atoms with Crippen LogP contribution in [-0.2, 0) is 0 Å². The molecule has 1 nitrogen and oxygen atoms in total. The van der Waals surface area contributed by atoms with Gasteiger partial charge in [-0.1, -0.05) is 18.2 Å². The zero-order valence-corrected chi connectivity index (χ0v) is 7.73. The van der Waals surface area contributed by atoms with Crippen LogP contribution >= 0.6 is 11.8 Å². The van der Waals surface area contributed by atoms with Gasteiger partial charge >= 0.3 is 0 Å². The zero-order valence-electron chi connectivity index (χ0n) is 6.92. The molecule has 2 heteroatoms. The molecule has 0 fully saturated rings. The van der Waals surface area contributed by atoms with Gasteiger partial charge in [0.2, 0.25) is 0 Å². The number of hydrogen-bond acceptors (Lipinski definition) is 2. The minimum Gasteiger partial charge on any atom is -0.327 e. The fourth-order valence-electron chi connectivity index (χ4n) is 1.20. The van der Waals surface area contributed by atoms with Gasteiger partial charge in [-0.05, 0) is 29.9 Å². The van der Waals surface area contributed by atoms with Crippen molar-refractivity contribution in [1.82, 2.24) is 0 Å². The number of allylic oxidation sites excluding steroid dienone is 2. The predicted octanol–water partition coefficient (Wildman–Crippen LogP) is 1.81. The average molecular weight is 169 g/mol. The molecule has 0 aliphatic heterocycles. The Labute approximate surface area is 72.7 Å². The molecule has 0 aromatic heterocycles. The minimum atomic E-state index is 0.683. The van der Waals surface area contributed by atoms with Crippen molar-refractivity contribution in [2.24, 2.45) is 11.7 Å². The van der Waals surface area contributed by atoms with Gasteiger partial charge in [-0.25, -0.2) is 0 Å². The van der Waals surface area contributed by atoms with Gasteiger partial charge in [0.05, 0.1) is 0 Å². The second kappa shape index (κ2) is 4.62. The van der Waals surface area contributed by atoms with Crippen LogP contribution in [0.25, 0.3) is 0 Å². The maximum atomic E-state index is 5.50. The summed E-state index contributed by atoms with van der Waals surface area (Å²) in [6, 6.07) is 0. The summed E-state index contributed by atoms with van der Waals surface area (Å²) in [6.07, 6.45) is 10.0. The number of hydrogen-bond donors (Lipinski definition) is 1. The van der Waals surface area contributed by atoms with Gasteiger partial charge in [0.15, 0.2) is 0 Å². The molecule has 0 saturated heterocycles. The molecule has 0 spiro atoms. The highest BCUT2D eigenvalue weighted by molar-refractivity contribution is 7.98. The smallest absolute Gasteiger partial charge is 0.0174 e. The van der Waals surface area contributed by atoms with Crippen molar-refractivity contribution >= 4 is 11.8 Å². The lowest BCUT2D eigenvalue weighted by atomic mass is 9.98. The molecule has 11 heavy (non-hydrogen) atoms. The second-order valence-electron chi connectivity index (χ2n) is 2.79. The molecule has 2 N–H and O–H groups in total. The van der Waals surface area contributed by atoms with Gasteiger partial charge in [0.25, 0.3) is 0 Å². The van der Waals surface area contributed by atoms with Gasteiger partial charge in [-0.3, -0.25) is 0 Å². The van der Waals surface area contributed by atoms with Crippen LogP contribution in [-0.4, -0.2) is 18.6 Å². The molecule has 1 aliphatic carbocycles. The molecule has 0 aromatic carbocycles. The number of rotatable bonds is 3. The Kier molecular flexibility index (Phi) is 3.73. The van der Waals surface area contributed by atoms with E-state index in [1.807, 2.05) is 11.8 Å². The van der Waals surface area contributed by atoms with Crippen molar-refractivity contribution in [1.29, 1.82) is 0 Å². The molecule has 1 rings (SSSR count). The van der Waals surface area contributed by atoms with E-state index in [1.165, 1.54) is 17.7 Å². The van der Waals surface area contributed by atoms with Crippen molar-refractivity contribution < 1.29 is 0 Å². The van der Waals surface area contributed by atoms with Crippen molar-refractivity contribution in [3.8, 4) is 0 Å². The minimum absolute atomic E-state index is 0.683. The Balaban J connectivity index is 2.37. The number of nitrogens with two attached hydrogens (primary N) is 1. The molecule has 0 amide bonds. The Morgan fingerprint density at radius 2 is 2.55 bits per heavy atom. The predicted molar refractivity (Wildman–Crippen MR) is 52.8 cm³/mol. The van der Waals surface area contributed by atoms with Crippen LogP contribution in [0.5, 0.6) is 0 Å². The van der Waals surface area contributed by atoms with Crippen LogP contribution in [0.2, 0.25) is 0 Å². The third-order valence-electron chi connectivity index (χ3n) is 1.88. The van der Waals surface area contributed by atoms with Crippen LogP contribution < -0.4 is 5.73 Å². The summed E-state index contributed by atoms with van der Waals surface area (Å²) in [5, 5.41) is 0. The molecule has 0 heterocycles. The molecule has 1 atom stereocenters. The van der Waals surface area contributed by atoms with Gasteiger partial charge in [-0.2, -0.15) is 11.8 Å². The maximum absolute atomic E-state index is 5.50. The Morgan fingerprint density at radius 3 is 3.00 bits per heavy atom. The van der Waals surface area contributed by atoms with Crippen LogP contribution in [0, 0.1) is 5.92 Å². The Morgan fingerprint density at radius 1 is 1.73 bits per heavy atom. The summed E-state index contributed by atoms with van der Waals surface area (Å²) >= 11 is 1.91. The fraction of sp³-hybridized carbons (Fsp3) is 0.556. The summed E-state index contributed by atoms with van der Waals surface area (Å²) in [5.41, 5.74) is 6.78. The largest absolute Gasteiger partial charge is 0.327 e. The van der Waals surface area contributed by atoms with Crippen LogP contribution in [0.15, 0.2) is 23.8 Å². The van der Waals surface area contributed by atoms with Gasteiger partial charge in [-0.15, -0.1) is 0 Å². The molecule has 62 valence electrons. The Bertz CT molecular complexity index is 172. The van der Waals surface area contributed by atoms with E-state index in [0.717, 1.165) is 5.92 Å². The van der Waals surface area contributed by atoms with Crippen molar-refractivity contribution in [3.05, 3.63) is 23.8 Å². The van der Waals surface area contributed by atoms with Crippen LogP contribution in [0.4, 0.5) is 0 Å². The van der Waals surface area contributed by atoms with Gasteiger partial charge < -0.3 is 5.73 Å². The lowest BCUT2D eigenvalue weighted by Crippen LogP contribution is -2.07. The molecule has 0 radical (unpaired) electrons. The van der Waals surface area contributed by atoms with E-state index in [9.17, 15) is 0 Å². The second-order valence-corrected chi connectivity index (χ2v) is 3.70. The molecule has 0 aromatic rings. The molecule has 1 aliphatic rings. The van der Waals surface area contributed by atoms with Gasteiger partial charge in [0.1, 0.15) is 0 Å². The quantitative estimate of drug-likeness (QED) is 0.697. The van der Waals surface area contributed by atoms with Crippen molar-refractivity contribution in [3.63, 3.8) is 0 Å². The summed E-state index contributed by atoms with van der Waals surface area (Å²) in [5.74, 6) is 1.96. The topological polar surface area (TPSA) is 26.0 Å². The molecular formula is C9H15NS. The molecular weight excluding hydrogens is 154 g/mol. The van der Waals surface area contributed by atoms with E-state index >= 15 is 0 Å². The fourth-order valence-corrected chi connectivity index (χ4v) is 1.87. The third kappa shape index (κ3) is 2.72. The van der Waals surface area contributed by atoms with Crippen LogP contribution in [0.1, 0.15) is 6.42 Å². The van der Waals surface area contributed by atoms with E-state index in [2.05, 4.69) is 24.5 Å². The average Bonchev–Trinajstić information content (AvgIpc) is 2.07. The van der Waals surface area contributed by atoms with E-state index in [0.29, 0.717) is 6.54 Å². The molecule has 0 bridgehead atoms. The Hall–Kier alpha value is -0.210.